The van der Waals surface area contributed by atoms with Crippen LogP contribution in [0, 0.1) is 0 Å². The van der Waals surface area contributed by atoms with Gasteiger partial charge >= 0.3 is 227 Å². The zero-order chi connectivity index (χ0) is 25.0. The number of fused-ring (bicyclic) bond motifs is 2. The predicted octanol–water partition coefficient (Wildman–Crippen LogP) is 4.43. The van der Waals surface area contributed by atoms with Crippen molar-refractivity contribution in [3.8, 4) is 22.3 Å². The van der Waals surface area contributed by atoms with E-state index in [0.29, 0.717) is 7.25 Å². The van der Waals surface area contributed by atoms with Crippen LogP contribution in [-0.4, -0.2) is 0 Å². The molecule has 0 N–H and O–H groups in total. The number of hydrogen-bond donors (Lipinski definition) is 0. The number of halogens is 2. The fraction of sp³-hybridized carbons (Fsp3) is 0.222. The second-order valence-corrected chi connectivity index (χ2v) is 22.8. The van der Waals surface area contributed by atoms with Crippen LogP contribution in [0.25, 0.3) is 34.4 Å². The zero-order valence-electron chi connectivity index (χ0n) is 22.6. The first kappa shape index (κ1) is 28.4. The molecule has 2 unspecified atom stereocenters. The molecule has 0 saturated carbocycles. The van der Waals surface area contributed by atoms with E-state index in [0.717, 1.165) is 0 Å². The Morgan fingerprint density at radius 2 is 0.923 bits per heavy atom. The molecule has 7 rings (SSSR count). The summed E-state index contributed by atoms with van der Waals surface area (Å²) in [6.07, 6.45) is 7.97. The molecule has 0 nitrogen and oxygen atoms in total. The van der Waals surface area contributed by atoms with Crippen molar-refractivity contribution in [2.45, 2.75) is 42.2 Å². The second-order valence-electron chi connectivity index (χ2n) is 11.4. The van der Waals surface area contributed by atoms with Crippen LogP contribution in [-0.2, 0) is 20.3 Å². The van der Waals surface area contributed by atoms with Crippen LogP contribution in [0.1, 0.15) is 56.2 Å². The fourth-order valence-electron chi connectivity index (χ4n) is 8.15. The molecule has 1 aliphatic heterocycles. The van der Waals surface area contributed by atoms with Gasteiger partial charge < -0.3 is 24.8 Å². The molecular formula is C36H34Cl2Zr. The van der Waals surface area contributed by atoms with Crippen LogP contribution in [0.5, 0.6) is 0 Å². The SMILES string of the molecule is CC1=Cc2c(-c3ccccc3)cccc2[CH]1[Zr+2]1([CH]2C(C)=Cc3c(-c4ccccc4)cccc32)[CH2]CC[CH2]1.[Cl-].[Cl-]. The molecule has 3 heteroatoms. The standard InChI is InChI=1S/2C16H13.C4H8.2ClH.Zr/c2*1-12-10-14-8-5-9-15(16(14)11-12)13-6-3-2-4-7-13;1-3-4-2;;;/h2*2-11H,1H3;1-4H2;2*1H;/q;;;;;+2/p-2. The minimum atomic E-state index is -2.81. The predicted molar refractivity (Wildman–Crippen MR) is 155 cm³/mol. The molecule has 4 aromatic carbocycles. The smallest absolute Gasteiger partial charge is 1.00 e. The van der Waals surface area contributed by atoms with Gasteiger partial charge in [0.1, 0.15) is 0 Å². The van der Waals surface area contributed by atoms with Crippen molar-refractivity contribution in [2.75, 3.05) is 0 Å². The molecular weight excluding hydrogens is 595 g/mol. The average Bonchev–Trinajstić information content (AvgIpc) is 3.64. The van der Waals surface area contributed by atoms with Gasteiger partial charge in [0.15, 0.2) is 0 Å². The maximum atomic E-state index is 2.56. The van der Waals surface area contributed by atoms with Crippen LogP contribution in [0.2, 0.25) is 8.26 Å². The third-order valence-corrected chi connectivity index (χ3v) is 25.1. The summed E-state index contributed by atoms with van der Waals surface area (Å²) in [5.41, 5.74) is 15.0. The van der Waals surface area contributed by atoms with E-state index in [-0.39, 0.29) is 24.8 Å². The summed E-state index contributed by atoms with van der Waals surface area (Å²) in [6, 6.07) is 36.3. The van der Waals surface area contributed by atoms with Gasteiger partial charge in [-0.05, 0) is 0 Å². The van der Waals surface area contributed by atoms with E-state index in [2.05, 4.69) is 123 Å². The van der Waals surface area contributed by atoms with Gasteiger partial charge in [0, 0.05) is 0 Å². The Labute approximate surface area is 250 Å². The molecule has 0 aromatic heterocycles. The van der Waals surface area contributed by atoms with Gasteiger partial charge in [0.2, 0.25) is 0 Å². The summed E-state index contributed by atoms with van der Waals surface area (Å²) in [5.74, 6) is 0. The summed E-state index contributed by atoms with van der Waals surface area (Å²) < 4.78 is 4.36. The normalized spacial score (nSPS) is 19.4. The Morgan fingerprint density at radius 3 is 1.33 bits per heavy atom. The topological polar surface area (TPSA) is 0 Å². The van der Waals surface area contributed by atoms with Gasteiger partial charge in [-0.25, -0.2) is 0 Å². The van der Waals surface area contributed by atoms with Gasteiger partial charge in [-0.2, -0.15) is 0 Å². The molecule has 4 aromatic rings. The minimum absolute atomic E-state index is 0. The van der Waals surface area contributed by atoms with Gasteiger partial charge in [-0.1, -0.05) is 0 Å². The summed E-state index contributed by atoms with van der Waals surface area (Å²) >= 11 is -2.81. The third kappa shape index (κ3) is 4.56. The molecule has 0 radical (unpaired) electrons. The number of hydrogen-bond acceptors (Lipinski definition) is 0. The van der Waals surface area contributed by atoms with Gasteiger partial charge in [0.25, 0.3) is 0 Å². The third-order valence-electron chi connectivity index (χ3n) is 9.41. The quantitative estimate of drug-likeness (QED) is 0.314. The van der Waals surface area contributed by atoms with E-state index in [4.69, 9.17) is 0 Å². The van der Waals surface area contributed by atoms with Crippen LogP contribution < -0.4 is 24.8 Å². The van der Waals surface area contributed by atoms with E-state index in [1.165, 1.54) is 54.5 Å². The van der Waals surface area contributed by atoms with Crippen molar-refractivity contribution in [3.05, 3.63) is 130 Å². The molecule has 1 saturated heterocycles. The molecule has 2 aliphatic carbocycles. The molecule has 39 heavy (non-hydrogen) atoms. The average molecular weight is 629 g/mol. The van der Waals surface area contributed by atoms with Crippen molar-refractivity contribution in [1.29, 1.82) is 0 Å². The van der Waals surface area contributed by atoms with Crippen molar-refractivity contribution in [2.24, 2.45) is 0 Å². The van der Waals surface area contributed by atoms with Crippen molar-refractivity contribution < 1.29 is 45.1 Å². The Balaban J connectivity index is 0.00000154. The number of allylic oxidation sites excluding steroid dienone is 2. The fourth-order valence-corrected chi connectivity index (χ4v) is 26.0. The van der Waals surface area contributed by atoms with Crippen LogP contribution in [0.15, 0.2) is 108 Å². The van der Waals surface area contributed by atoms with E-state index in [1.54, 1.807) is 22.3 Å². The molecule has 2 atom stereocenters. The van der Waals surface area contributed by atoms with Crippen molar-refractivity contribution in [1.82, 2.24) is 0 Å². The summed E-state index contributed by atoms with van der Waals surface area (Å²) in [6.45, 7) is 4.90. The first-order chi connectivity index (χ1) is 18.2. The van der Waals surface area contributed by atoms with E-state index in [9.17, 15) is 0 Å². The van der Waals surface area contributed by atoms with Gasteiger partial charge in [-0.15, -0.1) is 0 Å². The van der Waals surface area contributed by atoms with E-state index in [1.807, 2.05) is 0 Å². The maximum absolute atomic E-state index is 2.81. The summed E-state index contributed by atoms with van der Waals surface area (Å²) in [7, 11) is 0. The van der Waals surface area contributed by atoms with Gasteiger partial charge in [0.05, 0.1) is 0 Å². The van der Waals surface area contributed by atoms with E-state index >= 15 is 0 Å². The van der Waals surface area contributed by atoms with Crippen molar-refractivity contribution in [3.63, 3.8) is 0 Å². The Bertz CT molecular complexity index is 1430. The Morgan fingerprint density at radius 1 is 0.513 bits per heavy atom. The summed E-state index contributed by atoms with van der Waals surface area (Å²) in [4.78, 5) is 0. The minimum Gasteiger partial charge on any atom is -1.00 e. The second kappa shape index (κ2) is 11.4. The van der Waals surface area contributed by atoms with Gasteiger partial charge in [-0.3, -0.25) is 0 Å². The number of benzene rings is 4. The maximum Gasteiger partial charge on any atom is -1.00 e. The zero-order valence-corrected chi connectivity index (χ0v) is 26.6. The van der Waals surface area contributed by atoms with E-state index < -0.39 is 20.3 Å². The molecule has 0 amide bonds. The first-order valence-corrected chi connectivity index (χ1v) is 20.2. The molecule has 0 spiro atoms. The van der Waals surface area contributed by atoms with Crippen LogP contribution in [0.3, 0.4) is 0 Å². The number of rotatable bonds is 4. The van der Waals surface area contributed by atoms with Crippen LogP contribution >= 0.6 is 0 Å². The largest absolute Gasteiger partial charge is 1.00 e. The summed E-state index contributed by atoms with van der Waals surface area (Å²) in [5, 5.41) is 0. The molecule has 1 heterocycles. The molecule has 0 bridgehead atoms. The first-order valence-electron chi connectivity index (χ1n) is 13.9. The molecule has 196 valence electrons. The molecule has 3 aliphatic rings. The Kier molecular flexibility index (Phi) is 8.26. The van der Waals surface area contributed by atoms with Crippen LogP contribution in [0.4, 0.5) is 0 Å². The molecule has 1 fully saturated rings. The monoisotopic (exact) mass is 626 g/mol. The van der Waals surface area contributed by atoms with Crippen molar-refractivity contribution >= 4 is 12.2 Å². The Hall–Kier alpha value is -2.18.